The first-order chi connectivity index (χ1) is 14.1. The lowest BCUT2D eigenvalue weighted by molar-refractivity contribution is 0.0949. The van der Waals surface area contributed by atoms with Crippen LogP contribution in [0.15, 0.2) is 47.5 Å². The van der Waals surface area contributed by atoms with E-state index in [9.17, 15) is 9.59 Å². The molecule has 148 valence electrons. The van der Waals surface area contributed by atoms with Crippen LogP contribution in [-0.4, -0.2) is 27.5 Å². The molecule has 29 heavy (non-hydrogen) atoms. The lowest BCUT2D eigenvalue weighted by Gasteiger charge is -2.15. The second kappa shape index (κ2) is 7.03. The van der Waals surface area contributed by atoms with Gasteiger partial charge in [-0.3, -0.25) is 9.59 Å². The fourth-order valence-corrected chi connectivity index (χ4v) is 4.14. The zero-order valence-electron chi connectivity index (χ0n) is 16.4. The van der Waals surface area contributed by atoms with Crippen LogP contribution < -0.4 is 16.1 Å². The highest BCUT2D eigenvalue weighted by Crippen LogP contribution is 2.25. The normalized spacial score (nSPS) is 16.0. The van der Waals surface area contributed by atoms with Crippen LogP contribution in [0.1, 0.15) is 41.3 Å². The molecule has 0 spiro atoms. The first-order valence-corrected chi connectivity index (χ1v) is 10.3. The highest BCUT2D eigenvalue weighted by Gasteiger charge is 2.26. The number of hydrogen-bond acceptors (Lipinski definition) is 4. The lowest BCUT2D eigenvalue weighted by atomic mass is 10.1. The van der Waals surface area contributed by atoms with Crippen LogP contribution in [0.25, 0.3) is 11.0 Å². The Morgan fingerprint density at radius 2 is 1.90 bits per heavy atom. The van der Waals surface area contributed by atoms with Gasteiger partial charge in [-0.1, -0.05) is 24.3 Å². The third kappa shape index (κ3) is 3.39. The van der Waals surface area contributed by atoms with Gasteiger partial charge in [-0.05, 0) is 49.8 Å². The largest absolute Gasteiger partial charge is 0.380 e. The summed E-state index contributed by atoms with van der Waals surface area (Å²) in [5.41, 5.74) is 4.10. The summed E-state index contributed by atoms with van der Waals surface area (Å²) < 4.78 is 1.87. The zero-order chi connectivity index (χ0) is 20.0. The highest BCUT2D eigenvalue weighted by atomic mass is 16.2. The Labute approximate surface area is 169 Å². The van der Waals surface area contributed by atoms with Crippen LogP contribution in [0.2, 0.25) is 0 Å². The minimum atomic E-state index is -0.286. The number of pyridine rings is 2. The number of nitrogens with zero attached hydrogens (tertiary/aromatic N) is 2. The number of hydrogen-bond donors (Lipinski definition) is 2. The van der Waals surface area contributed by atoms with Gasteiger partial charge in [0.1, 0.15) is 11.2 Å². The van der Waals surface area contributed by atoms with Crippen molar-refractivity contribution in [2.75, 3.05) is 5.32 Å². The Morgan fingerprint density at radius 3 is 2.55 bits per heavy atom. The monoisotopic (exact) mass is 388 g/mol. The summed E-state index contributed by atoms with van der Waals surface area (Å²) in [5, 5.41) is 6.93. The molecule has 1 fully saturated rings. The Morgan fingerprint density at radius 1 is 1.17 bits per heavy atom. The number of carbonyl (C=O) groups is 1. The molecule has 0 saturated heterocycles. The molecule has 0 radical (unpaired) electrons. The molecule has 0 unspecified atom stereocenters. The Hall–Kier alpha value is -3.15. The number of benzene rings is 1. The summed E-state index contributed by atoms with van der Waals surface area (Å²) >= 11 is 0. The van der Waals surface area contributed by atoms with Crippen molar-refractivity contribution >= 4 is 22.6 Å². The van der Waals surface area contributed by atoms with E-state index in [2.05, 4.69) is 39.9 Å². The molecule has 2 heterocycles. The molecule has 0 atom stereocenters. The minimum absolute atomic E-state index is 0.193. The van der Waals surface area contributed by atoms with Gasteiger partial charge >= 0.3 is 0 Å². The van der Waals surface area contributed by atoms with Gasteiger partial charge in [0.25, 0.3) is 5.91 Å². The number of amides is 1. The topological polar surface area (TPSA) is 76.0 Å². The second-order valence-corrected chi connectivity index (χ2v) is 8.02. The molecule has 5 rings (SSSR count). The van der Waals surface area contributed by atoms with Gasteiger partial charge in [0.05, 0.1) is 17.3 Å². The molecule has 2 aromatic heterocycles. The molecular weight excluding hydrogens is 364 g/mol. The molecule has 2 aliphatic carbocycles. The first-order valence-electron chi connectivity index (χ1n) is 10.3. The molecular formula is C23H24N4O2. The van der Waals surface area contributed by atoms with E-state index >= 15 is 0 Å². The maximum atomic E-state index is 13.1. The van der Waals surface area contributed by atoms with E-state index in [0.29, 0.717) is 17.6 Å². The summed E-state index contributed by atoms with van der Waals surface area (Å²) in [5.74, 6) is -0.286. The number of rotatable bonds is 5. The van der Waals surface area contributed by atoms with E-state index in [0.717, 1.165) is 31.4 Å². The lowest BCUT2D eigenvalue weighted by Crippen LogP contribution is -2.31. The standard InChI is InChI=1S/C23H24N4O2/c1-2-27-13-20(23(29)26-16-7-8-16)21(28)19-11-18(12-24-22(19)27)25-17-9-14-5-3-4-6-15(14)10-17/h3-6,11-13,16-17,25H,2,7-10H2,1H3,(H,26,29). The van der Waals surface area contributed by atoms with Gasteiger partial charge in [0.2, 0.25) is 5.43 Å². The first kappa shape index (κ1) is 17.9. The highest BCUT2D eigenvalue weighted by molar-refractivity contribution is 5.97. The Balaban J connectivity index is 1.47. The van der Waals surface area contributed by atoms with Crippen molar-refractivity contribution in [1.82, 2.24) is 14.9 Å². The number of anilines is 1. The van der Waals surface area contributed by atoms with Crippen molar-refractivity contribution in [2.45, 2.75) is 51.2 Å². The summed E-state index contributed by atoms with van der Waals surface area (Å²) in [4.78, 5) is 30.2. The number of fused-ring (bicyclic) bond motifs is 2. The van der Waals surface area contributed by atoms with Gasteiger partial charge in [-0.2, -0.15) is 0 Å². The molecule has 6 nitrogen and oxygen atoms in total. The van der Waals surface area contributed by atoms with Gasteiger partial charge in [0, 0.05) is 24.8 Å². The predicted molar refractivity (Wildman–Crippen MR) is 113 cm³/mol. The summed E-state index contributed by atoms with van der Waals surface area (Å²) in [6.45, 7) is 2.62. The molecule has 1 amide bonds. The van der Waals surface area contributed by atoms with Crippen molar-refractivity contribution in [2.24, 2.45) is 0 Å². The number of nitrogens with one attached hydrogen (secondary N) is 2. The predicted octanol–water partition coefficient (Wildman–Crippen LogP) is 2.89. The van der Waals surface area contributed by atoms with E-state index in [1.165, 1.54) is 11.1 Å². The summed E-state index contributed by atoms with van der Waals surface area (Å²) in [6, 6.07) is 10.8. The van der Waals surface area contributed by atoms with Crippen LogP contribution in [0.3, 0.4) is 0 Å². The fraction of sp³-hybridized carbons (Fsp3) is 0.348. The smallest absolute Gasteiger partial charge is 0.256 e. The average Bonchev–Trinajstić information content (AvgIpc) is 3.44. The van der Waals surface area contributed by atoms with Crippen molar-refractivity contribution < 1.29 is 4.79 Å². The van der Waals surface area contributed by atoms with Gasteiger partial charge in [-0.15, -0.1) is 0 Å². The molecule has 6 heteroatoms. The maximum Gasteiger partial charge on any atom is 0.256 e. The third-order valence-electron chi connectivity index (χ3n) is 5.83. The molecule has 2 aliphatic rings. The SMILES string of the molecule is CCn1cc(C(=O)NC2CC2)c(=O)c2cc(NC3Cc4ccccc4C3)cnc21. The number of carbonyl (C=O) groups excluding carboxylic acids is 1. The van der Waals surface area contributed by atoms with E-state index < -0.39 is 0 Å². The average molecular weight is 388 g/mol. The molecule has 2 N–H and O–H groups in total. The van der Waals surface area contributed by atoms with Crippen LogP contribution in [-0.2, 0) is 19.4 Å². The Bertz CT molecular complexity index is 1140. The number of aryl methyl sites for hydroxylation is 1. The zero-order valence-corrected chi connectivity index (χ0v) is 16.4. The van der Waals surface area contributed by atoms with E-state index in [1.807, 2.05) is 17.6 Å². The Kier molecular flexibility index (Phi) is 4.34. The molecule has 0 aliphatic heterocycles. The van der Waals surface area contributed by atoms with Crippen molar-refractivity contribution in [3.05, 3.63) is 69.6 Å². The van der Waals surface area contributed by atoms with E-state index in [4.69, 9.17) is 0 Å². The van der Waals surface area contributed by atoms with Gasteiger partial charge < -0.3 is 15.2 Å². The van der Waals surface area contributed by atoms with Crippen molar-refractivity contribution in [1.29, 1.82) is 0 Å². The van der Waals surface area contributed by atoms with Crippen molar-refractivity contribution in [3.63, 3.8) is 0 Å². The molecule has 1 saturated carbocycles. The summed E-state index contributed by atoms with van der Waals surface area (Å²) in [7, 11) is 0. The van der Waals surface area contributed by atoms with Crippen molar-refractivity contribution in [3.8, 4) is 0 Å². The van der Waals surface area contributed by atoms with Gasteiger partial charge in [0.15, 0.2) is 0 Å². The quantitative estimate of drug-likeness (QED) is 0.705. The maximum absolute atomic E-state index is 13.1. The molecule has 1 aromatic carbocycles. The molecule has 3 aromatic rings. The van der Waals surface area contributed by atoms with Crippen LogP contribution in [0.4, 0.5) is 5.69 Å². The van der Waals surface area contributed by atoms with Crippen LogP contribution in [0.5, 0.6) is 0 Å². The second-order valence-electron chi connectivity index (χ2n) is 8.02. The third-order valence-corrected chi connectivity index (χ3v) is 5.83. The fourth-order valence-electron chi connectivity index (χ4n) is 4.14. The molecule has 0 bridgehead atoms. The number of aromatic nitrogens is 2. The van der Waals surface area contributed by atoms with Crippen LogP contribution >= 0.6 is 0 Å². The van der Waals surface area contributed by atoms with Crippen LogP contribution in [0, 0.1) is 0 Å². The van der Waals surface area contributed by atoms with E-state index in [1.54, 1.807) is 12.4 Å². The van der Waals surface area contributed by atoms with Gasteiger partial charge in [-0.25, -0.2) is 4.98 Å². The summed E-state index contributed by atoms with van der Waals surface area (Å²) in [6.07, 6.45) is 7.30. The minimum Gasteiger partial charge on any atom is -0.380 e. The van der Waals surface area contributed by atoms with E-state index in [-0.39, 0.29) is 29.0 Å².